The highest BCUT2D eigenvalue weighted by Crippen LogP contribution is 2.47. The molecular formula is C30H42N2O5. The van der Waals surface area contributed by atoms with Gasteiger partial charge in [-0.15, -0.1) is 0 Å². The molecular weight excluding hydrogens is 468 g/mol. The molecule has 37 heavy (non-hydrogen) atoms. The summed E-state index contributed by atoms with van der Waals surface area (Å²) in [4.78, 5) is 29.4. The highest BCUT2D eigenvalue weighted by Gasteiger charge is 2.52. The number of hydrogen-bond acceptors (Lipinski definition) is 6. The number of carbonyl (C=O) groups excluding carboxylic acids is 2. The van der Waals surface area contributed by atoms with Crippen molar-refractivity contribution in [2.45, 2.75) is 95.3 Å². The van der Waals surface area contributed by atoms with Gasteiger partial charge in [0.2, 0.25) is 5.91 Å². The average molecular weight is 511 g/mol. The third-order valence-electron chi connectivity index (χ3n) is 8.86. The van der Waals surface area contributed by atoms with Crippen LogP contribution in [0.15, 0.2) is 29.3 Å². The minimum absolute atomic E-state index is 0.0204. The predicted molar refractivity (Wildman–Crippen MR) is 142 cm³/mol. The van der Waals surface area contributed by atoms with E-state index in [1.54, 1.807) is 6.07 Å². The number of nitrogens with zero attached hydrogens (tertiary/aromatic N) is 1. The van der Waals surface area contributed by atoms with Gasteiger partial charge in [-0.2, -0.15) is 0 Å². The molecule has 1 aliphatic carbocycles. The van der Waals surface area contributed by atoms with Gasteiger partial charge in [-0.1, -0.05) is 57.1 Å². The second-order valence-corrected chi connectivity index (χ2v) is 11.3. The van der Waals surface area contributed by atoms with E-state index >= 15 is 0 Å². The van der Waals surface area contributed by atoms with E-state index in [2.05, 4.69) is 11.4 Å². The van der Waals surface area contributed by atoms with Gasteiger partial charge in [0.05, 0.1) is 30.8 Å². The van der Waals surface area contributed by atoms with E-state index in [0.717, 1.165) is 50.1 Å². The fraction of sp³-hybridized carbons (Fsp3) is 0.700. The molecule has 2 saturated heterocycles. The molecule has 0 radical (unpaired) electrons. The molecule has 3 aliphatic heterocycles. The van der Waals surface area contributed by atoms with Crippen molar-refractivity contribution in [2.24, 2.45) is 22.7 Å². The van der Waals surface area contributed by atoms with Crippen molar-refractivity contribution in [3.63, 3.8) is 0 Å². The van der Waals surface area contributed by atoms with Crippen LogP contribution in [-0.4, -0.2) is 56.3 Å². The van der Waals surface area contributed by atoms with E-state index in [4.69, 9.17) is 19.2 Å². The lowest BCUT2D eigenvalue weighted by Gasteiger charge is -2.27. The number of carbonyl (C=O) groups is 2. The first kappa shape index (κ1) is 26.2. The van der Waals surface area contributed by atoms with E-state index in [1.165, 1.54) is 52.1 Å². The maximum atomic E-state index is 12.8. The number of fused-ring (bicyclic) bond motifs is 2. The molecule has 4 aliphatic rings. The first-order chi connectivity index (χ1) is 18.1. The van der Waals surface area contributed by atoms with E-state index in [1.807, 2.05) is 12.1 Å². The number of hydrogen-bond donors (Lipinski definition) is 1. The first-order valence-electron chi connectivity index (χ1n) is 14.4. The van der Waals surface area contributed by atoms with Crippen molar-refractivity contribution in [3.8, 4) is 0 Å². The van der Waals surface area contributed by atoms with Crippen LogP contribution in [0.1, 0.15) is 86.6 Å². The Bertz CT molecular complexity index is 972. The smallest absolute Gasteiger partial charge is 0.337 e. The summed E-state index contributed by atoms with van der Waals surface area (Å²) in [6.45, 7) is 1.04. The number of benzene rings is 1. The molecule has 5 rings (SSSR count). The van der Waals surface area contributed by atoms with Crippen LogP contribution in [-0.2, 0) is 25.4 Å². The van der Waals surface area contributed by atoms with Gasteiger partial charge in [-0.3, -0.25) is 4.79 Å². The Hall–Kier alpha value is -2.41. The molecule has 1 aromatic rings. The highest BCUT2D eigenvalue weighted by atomic mass is 16.5. The molecule has 3 heterocycles. The van der Waals surface area contributed by atoms with Gasteiger partial charge in [0, 0.05) is 6.54 Å². The standard InChI is InChI=1S/C30H42N2O5/c1-35-30(34)22-12-7-11-21(18-22)13-14-23-25-15-16-26(37-25)27(23)29-32-24(19-36-29)28(33)31-17-6-5-10-20-8-3-2-4-9-20/h7,11-12,18,20,23-27H,2-6,8-10,13-17,19H2,1H3,(H,31,33)/t23-,24?,25-,26+,27-/m0/s1. The molecule has 1 unspecified atom stereocenters. The average Bonchev–Trinajstić information content (AvgIpc) is 3.69. The van der Waals surface area contributed by atoms with Gasteiger partial charge in [-0.25, -0.2) is 9.79 Å². The minimum atomic E-state index is -0.454. The lowest BCUT2D eigenvalue weighted by molar-refractivity contribution is -0.122. The molecule has 202 valence electrons. The van der Waals surface area contributed by atoms with Crippen molar-refractivity contribution in [3.05, 3.63) is 35.4 Å². The van der Waals surface area contributed by atoms with Crippen molar-refractivity contribution < 1.29 is 23.8 Å². The van der Waals surface area contributed by atoms with Crippen LogP contribution in [0.25, 0.3) is 0 Å². The summed E-state index contributed by atoms with van der Waals surface area (Å²) in [5.74, 6) is 1.68. The number of aryl methyl sites for hydroxylation is 1. The van der Waals surface area contributed by atoms with Crippen LogP contribution in [0, 0.1) is 17.8 Å². The Balaban J connectivity index is 1.11. The number of methoxy groups -OCH3 is 1. The van der Waals surface area contributed by atoms with Crippen LogP contribution in [0.5, 0.6) is 0 Å². The monoisotopic (exact) mass is 510 g/mol. The maximum absolute atomic E-state index is 12.8. The predicted octanol–water partition coefficient (Wildman–Crippen LogP) is 4.86. The van der Waals surface area contributed by atoms with Gasteiger partial charge in [0.1, 0.15) is 6.61 Å². The maximum Gasteiger partial charge on any atom is 0.337 e. The van der Waals surface area contributed by atoms with Gasteiger partial charge in [0.25, 0.3) is 0 Å². The molecule has 2 bridgehead atoms. The molecule has 0 aromatic heterocycles. The summed E-state index contributed by atoms with van der Waals surface area (Å²) in [7, 11) is 1.40. The molecule has 0 spiro atoms. The number of unbranched alkanes of at least 4 members (excludes halogenated alkanes) is 1. The molecule has 1 saturated carbocycles. The highest BCUT2D eigenvalue weighted by molar-refractivity contribution is 5.90. The summed E-state index contributed by atoms with van der Waals surface area (Å²) in [6.07, 6.45) is 14.7. The lowest BCUT2D eigenvalue weighted by atomic mass is 9.76. The first-order valence-corrected chi connectivity index (χ1v) is 14.4. The fourth-order valence-electron chi connectivity index (χ4n) is 6.86. The second kappa shape index (κ2) is 12.4. The third kappa shape index (κ3) is 6.36. The molecule has 7 heteroatoms. The Morgan fingerprint density at radius 3 is 2.73 bits per heavy atom. The molecule has 1 amide bonds. The van der Waals surface area contributed by atoms with Gasteiger partial charge >= 0.3 is 5.97 Å². The molecule has 1 N–H and O–H groups in total. The fourth-order valence-corrected chi connectivity index (χ4v) is 6.86. The van der Waals surface area contributed by atoms with Crippen LogP contribution >= 0.6 is 0 Å². The molecule has 5 atom stereocenters. The summed E-state index contributed by atoms with van der Waals surface area (Å²) < 4.78 is 17.2. The number of esters is 1. The summed E-state index contributed by atoms with van der Waals surface area (Å²) in [6, 6.07) is 7.19. The van der Waals surface area contributed by atoms with Gasteiger partial charge in [-0.05, 0) is 61.6 Å². The summed E-state index contributed by atoms with van der Waals surface area (Å²) >= 11 is 0. The number of rotatable bonds is 11. The lowest BCUT2D eigenvalue weighted by Crippen LogP contribution is -2.35. The van der Waals surface area contributed by atoms with Crippen LogP contribution in [0.3, 0.4) is 0 Å². The van der Waals surface area contributed by atoms with Crippen molar-refractivity contribution in [1.82, 2.24) is 5.32 Å². The number of aliphatic imine (C=N–C) groups is 1. The zero-order valence-corrected chi connectivity index (χ0v) is 22.2. The largest absolute Gasteiger partial charge is 0.478 e. The van der Waals surface area contributed by atoms with E-state index < -0.39 is 6.04 Å². The Morgan fingerprint density at radius 1 is 1.05 bits per heavy atom. The second-order valence-electron chi connectivity index (χ2n) is 11.3. The van der Waals surface area contributed by atoms with E-state index in [9.17, 15) is 9.59 Å². The van der Waals surface area contributed by atoms with Crippen molar-refractivity contribution in [1.29, 1.82) is 0 Å². The quantitative estimate of drug-likeness (QED) is 0.339. The SMILES string of the molecule is COC(=O)c1cccc(CC[C@@H]2[C@H](C3=NC(C(=O)NCCCCC4CCCCC4)CO3)[C@H]3CC[C@@H]2O3)c1. The van der Waals surface area contributed by atoms with Crippen molar-refractivity contribution in [2.75, 3.05) is 20.3 Å². The Labute approximate surface area is 220 Å². The summed E-state index contributed by atoms with van der Waals surface area (Å²) in [5, 5.41) is 3.09. The van der Waals surface area contributed by atoms with Gasteiger partial charge in [0.15, 0.2) is 11.9 Å². The number of ether oxygens (including phenoxy) is 3. The Kier molecular flexibility index (Phi) is 8.80. The molecule has 3 fully saturated rings. The zero-order chi connectivity index (χ0) is 25.6. The van der Waals surface area contributed by atoms with E-state index in [0.29, 0.717) is 24.0 Å². The third-order valence-corrected chi connectivity index (χ3v) is 8.86. The topological polar surface area (TPSA) is 86.2 Å². The van der Waals surface area contributed by atoms with Crippen LogP contribution in [0.2, 0.25) is 0 Å². The Morgan fingerprint density at radius 2 is 1.89 bits per heavy atom. The number of amides is 1. The van der Waals surface area contributed by atoms with E-state index in [-0.39, 0.29) is 30.0 Å². The zero-order valence-electron chi connectivity index (χ0n) is 22.2. The molecule has 1 aromatic carbocycles. The minimum Gasteiger partial charge on any atom is -0.478 e. The van der Waals surface area contributed by atoms with Crippen LogP contribution < -0.4 is 5.32 Å². The summed E-state index contributed by atoms with van der Waals surface area (Å²) in [5.41, 5.74) is 1.69. The molecule has 7 nitrogen and oxygen atoms in total. The van der Waals surface area contributed by atoms with Crippen LogP contribution in [0.4, 0.5) is 0 Å². The normalized spacial score (nSPS) is 29.1. The van der Waals surface area contributed by atoms with Crippen molar-refractivity contribution >= 4 is 17.8 Å². The number of nitrogens with one attached hydrogen (secondary N) is 1. The van der Waals surface area contributed by atoms with Gasteiger partial charge < -0.3 is 19.5 Å².